The van der Waals surface area contributed by atoms with Crippen molar-refractivity contribution in [1.82, 2.24) is 0 Å². The van der Waals surface area contributed by atoms with Crippen molar-refractivity contribution < 1.29 is 9.47 Å². The first kappa shape index (κ1) is 17.8. The van der Waals surface area contributed by atoms with Crippen LogP contribution in [0.25, 0.3) is 0 Å². The summed E-state index contributed by atoms with van der Waals surface area (Å²) in [7, 11) is 0. The molecule has 0 saturated carbocycles. The van der Waals surface area contributed by atoms with Gasteiger partial charge < -0.3 is 14.8 Å². The van der Waals surface area contributed by atoms with Gasteiger partial charge >= 0.3 is 0 Å². The lowest BCUT2D eigenvalue weighted by Gasteiger charge is -2.12. The molecule has 0 radical (unpaired) electrons. The second-order valence-corrected chi connectivity index (χ2v) is 5.86. The van der Waals surface area contributed by atoms with E-state index in [1.54, 1.807) is 0 Å². The Kier molecular flexibility index (Phi) is 6.87. The predicted molar refractivity (Wildman–Crippen MR) is 97.2 cm³/mol. The first-order valence-electron chi connectivity index (χ1n) is 7.71. The van der Waals surface area contributed by atoms with Gasteiger partial charge in [-0.15, -0.1) is 0 Å². The molecule has 0 aliphatic heterocycles. The topological polar surface area (TPSA) is 30.5 Å². The lowest BCUT2D eigenvalue weighted by Crippen LogP contribution is -2.01. The van der Waals surface area contributed by atoms with Crippen LogP contribution in [0.5, 0.6) is 11.5 Å². The maximum atomic E-state index is 6.25. The van der Waals surface area contributed by atoms with Crippen molar-refractivity contribution in [2.24, 2.45) is 0 Å². The monoisotopic (exact) mass is 353 g/mol. The Balaban J connectivity index is 2.00. The molecule has 0 aromatic heterocycles. The van der Waals surface area contributed by atoms with Gasteiger partial charge in [0.2, 0.25) is 0 Å². The third kappa shape index (κ3) is 5.22. The zero-order valence-electron chi connectivity index (χ0n) is 13.4. The van der Waals surface area contributed by atoms with E-state index in [1.807, 2.05) is 50.2 Å². The van der Waals surface area contributed by atoms with Gasteiger partial charge in [-0.3, -0.25) is 0 Å². The van der Waals surface area contributed by atoms with Gasteiger partial charge in [0.1, 0.15) is 5.75 Å². The smallest absolute Gasteiger partial charge is 0.156 e. The first-order valence-corrected chi connectivity index (χ1v) is 8.47. The summed E-state index contributed by atoms with van der Waals surface area (Å²) in [6.07, 6.45) is 0.910. The summed E-state index contributed by atoms with van der Waals surface area (Å²) in [6, 6.07) is 11.6. The molecule has 0 fully saturated rings. The lowest BCUT2D eigenvalue weighted by atomic mass is 10.2. The van der Waals surface area contributed by atoms with E-state index in [0.29, 0.717) is 35.6 Å². The highest BCUT2D eigenvalue weighted by Crippen LogP contribution is 2.34. The van der Waals surface area contributed by atoms with Crippen LogP contribution < -0.4 is 14.8 Å². The van der Waals surface area contributed by atoms with Crippen LogP contribution in [0.3, 0.4) is 0 Å². The number of ether oxygens (including phenoxy) is 2. The molecule has 5 heteroatoms. The predicted octanol–water partition coefficient (Wildman–Crippen LogP) is 5.79. The highest BCUT2D eigenvalue weighted by atomic mass is 35.5. The summed E-state index contributed by atoms with van der Waals surface area (Å²) < 4.78 is 11.0. The summed E-state index contributed by atoms with van der Waals surface area (Å²) >= 11 is 12.5. The van der Waals surface area contributed by atoms with Crippen LogP contribution in [0.1, 0.15) is 25.8 Å². The van der Waals surface area contributed by atoms with Gasteiger partial charge in [0.05, 0.1) is 23.3 Å². The van der Waals surface area contributed by atoms with Gasteiger partial charge in [0.15, 0.2) is 5.75 Å². The Labute approximate surface area is 147 Å². The summed E-state index contributed by atoms with van der Waals surface area (Å²) in [5.74, 6) is 1.42. The molecule has 2 rings (SSSR count). The minimum Gasteiger partial charge on any atom is -0.494 e. The summed E-state index contributed by atoms with van der Waals surface area (Å²) in [5, 5.41) is 4.41. The van der Waals surface area contributed by atoms with Gasteiger partial charge in [-0.2, -0.15) is 0 Å². The Hall–Kier alpha value is -1.58. The molecule has 0 heterocycles. The van der Waals surface area contributed by atoms with Crippen LogP contribution >= 0.6 is 23.2 Å². The van der Waals surface area contributed by atoms with Crippen molar-refractivity contribution in [3.8, 4) is 11.5 Å². The van der Waals surface area contributed by atoms with E-state index < -0.39 is 0 Å². The quantitative estimate of drug-likeness (QED) is 0.651. The molecule has 0 bridgehead atoms. The average molecular weight is 354 g/mol. The van der Waals surface area contributed by atoms with E-state index in [-0.39, 0.29) is 0 Å². The molecule has 0 aliphatic carbocycles. The summed E-state index contributed by atoms with van der Waals surface area (Å²) in [6.45, 7) is 5.89. The Morgan fingerprint density at radius 1 is 0.957 bits per heavy atom. The Morgan fingerprint density at radius 2 is 1.61 bits per heavy atom. The number of hydrogen-bond donors (Lipinski definition) is 1. The number of anilines is 1. The Morgan fingerprint density at radius 3 is 2.17 bits per heavy atom. The number of benzene rings is 2. The summed E-state index contributed by atoms with van der Waals surface area (Å²) in [4.78, 5) is 0. The first-order chi connectivity index (χ1) is 11.1. The fourth-order valence-corrected chi connectivity index (χ4v) is 2.74. The van der Waals surface area contributed by atoms with Gasteiger partial charge in [-0.25, -0.2) is 0 Å². The average Bonchev–Trinajstić information content (AvgIpc) is 2.54. The minimum atomic E-state index is 0.537. The van der Waals surface area contributed by atoms with Crippen LogP contribution in [0, 0.1) is 0 Å². The van der Waals surface area contributed by atoms with Gasteiger partial charge in [-0.1, -0.05) is 30.1 Å². The molecular weight excluding hydrogens is 333 g/mol. The highest BCUT2D eigenvalue weighted by Gasteiger charge is 2.09. The van der Waals surface area contributed by atoms with E-state index in [2.05, 4.69) is 5.32 Å². The van der Waals surface area contributed by atoms with Crippen LogP contribution in [0.2, 0.25) is 10.0 Å². The molecule has 0 unspecified atom stereocenters. The molecule has 3 nitrogen and oxygen atoms in total. The molecule has 124 valence electrons. The SMILES string of the molecule is CCCOc1c(Cl)cc(CNc2ccc(OCC)cc2)cc1Cl. The zero-order chi connectivity index (χ0) is 16.7. The second kappa shape index (κ2) is 8.90. The van der Waals surface area contributed by atoms with Crippen molar-refractivity contribution in [3.63, 3.8) is 0 Å². The molecule has 0 aliphatic rings. The highest BCUT2D eigenvalue weighted by molar-refractivity contribution is 6.37. The lowest BCUT2D eigenvalue weighted by molar-refractivity contribution is 0.318. The van der Waals surface area contributed by atoms with E-state index in [1.165, 1.54) is 0 Å². The number of halogens is 2. The third-order valence-corrected chi connectivity index (χ3v) is 3.73. The normalized spacial score (nSPS) is 10.4. The van der Waals surface area contributed by atoms with Crippen LogP contribution in [0.15, 0.2) is 36.4 Å². The van der Waals surface area contributed by atoms with Crippen LogP contribution in [-0.2, 0) is 6.54 Å². The molecule has 2 aromatic rings. The molecule has 0 amide bonds. The van der Waals surface area contributed by atoms with Crippen molar-refractivity contribution in [2.75, 3.05) is 18.5 Å². The molecule has 2 aromatic carbocycles. The fourth-order valence-electron chi connectivity index (χ4n) is 2.10. The van der Waals surface area contributed by atoms with Crippen LogP contribution in [-0.4, -0.2) is 13.2 Å². The number of nitrogens with one attached hydrogen (secondary N) is 1. The van der Waals surface area contributed by atoms with Gasteiger partial charge in [0.25, 0.3) is 0 Å². The van der Waals surface area contributed by atoms with Gasteiger partial charge in [0, 0.05) is 12.2 Å². The van der Waals surface area contributed by atoms with Crippen LogP contribution in [0.4, 0.5) is 5.69 Å². The third-order valence-electron chi connectivity index (χ3n) is 3.17. The van der Waals surface area contributed by atoms with E-state index >= 15 is 0 Å². The zero-order valence-corrected chi connectivity index (χ0v) is 14.9. The fraction of sp³-hybridized carbons (Fsp3) is 0.333. The van der Waals surface area contributed by atoms with E-state index in [4.69, 9.17) is 32.7 Å². The largest absolute Gasteiger partial charge is 0.494 e. The minimum absolute atomic E-state index is 0.537. The molecule has 23 heavy (non-hydrogen) atoms. The molecular formula is C18H21Cl2NO2. The van der Waals surface area contributed by atoms with Crippen molar-refractivity contribution in [3.05, 3.63) is 52.0 Å². The van der Waals surface area contributed by atoms with Gasteiger partial charge in [-0.05, 0) is 55.3 Å². The van der Waals surface area contributed by atoms with Crippen molar-refractivity contribution in [2.45, 2.75) is 26.8 Å². The van der Waals surface area contributed by atoms with E-state index in [9.17, 15) is 0 Å². The molecule has 0 atom stereocenters. The number of rotatable bonds is 8. The van der Waals surface area contributed by atoms with E-state index in [0.717, 1.165) is 23.4 Å². The maximum absolute atomic E-state index is 6.25. The standard InChI is InChI=1S/C18H21Cl2NO2/c1-3-9-23-18-16(19)10-13(11-17(18)20)12-21-14-5-7-15(8-6-14)22-4-2/h5-8,10-11,21H,3-4,9,12H2,1-2H3. The van der Waals surface area contributed by atoms with Crippen molar-refractivity contribution >= 4 is 28.9 Å². The number of hydrogen-bond acceptors (Lipinski definition) is 3. The Bertz CT molecular complexity index is 606. The molecule has 0 spiro atoms. The van der Waals surface area contributed by atoms with Crippen molar-refractivity contribution in [1.29, 1.82) is 0 Å². The maximum Gasteiger partial charge on any atom is 0.156 e. The molecule has 1 N–H and O–H groups in total. The molecule has 0 saturated heterocycles. The summed E-state index contributed by atoms with van der Waals surface area (Å²) in [5.41, 5.74) is 2.00. The second-order valence-electron chi connectivity index (χ2n) is 5.05.